The number of anilines is 1. The Bertz CT molecular complexity index is 359. The molecular formula is C11H15NO2. The van der Waals surface area contributed by atoms with Crippen molar-refractivity contribution in [3.8, 4) is 0 Å². The molecule has 0 amide bonds. The summed E-state index contributed by atoms with van der Waals surface area (Å²) in [6.07, 6.45) is 0. The normalized spacial score (nSPS) is 9.93. The van der Waals surface area contributed by atoms with Crippen molar-refractivity contribution in [2.24, 2.45) is 0 Å². The molecule has 0 radical (unpaired) electrons. The number of rotatable bonds is 3. The van der Waals surface area contributed by atoms with Gasteiger partial charge in [-0.3, -0.25) is 0 Å². The Hall–Kier alpha value is -1.51. The standard InChI is InChI=1S/C11H15NO2/c1-4-12-10-8(3)5-7(2)6-9(10)11(13)14/h5-6,12H,4H2,1-3H3,(H,13,14). The molecule has 0 aliphatic rings. The molecule has 0 unspecified atom stereocenters. The molecule has 14 heavy (non-hydrogen) atoms. The lowest BCUT2D eigenvalue weighted by Gasteiger charge is -2.12. The van der Waals surface area contributed by atoms with E-state index in [1.54, 1.807) is 6.07 Å². The van der Waals surface area contributed by atoms with Crippen molar-refractivity contribution < 1.29 is 9.90 Å². The number of hydrogen-bond donors (Lipinski definition) is 2. The average Bonchev–Trinajstić information content (AvgIpc) is 2.09. The summed E-state index contributed by atoms with van der Waals surface area (Å²) >= 11 is 0. The van der Waals surface area contributed by atoms with Gasteiger partial charge in [0.15, 0.2) is 0 Å². The van der Waals surface area contributed by atoms with Crippen LogP contribution in [0.2, 0.25) is 0 Å². The summed E-state index contributed by atoms with van der Waals surface area (Å²) in [4.78, 5) is 11.0. The van der Waals surface area contributed by atoms with Crippen molar-refractivity contribution in [2.75, 3.05) is 11.9 Å². The van der Waals surface area contributed by atoms with Gasteiger partial charge in [-0.1, -0.05) is 6.07 Å². The molecule has 0 aliphatic heterocycles. The van der Waals surface area contributed by atoms with E-state index in [2.05, 4.69) is 5.32 Å². The van der Waals surface area contributed by atoms with Gasteiger partial charge < -0.3 is 10.4 Å². The van der Waals surface area contributed by atoms with Gasteiger partial charge in [0.05, 0.1) is 11.3 Å². The number of aryl methyl sites for hydroxylation is 2. The zero-order valence-electron chi connectivity index (χ0n) is 8.72. The van der Waals surface area contributed by atoms with Crippen LogP contribution in [0.3, 0.4) is 0 Å². The third-order valence-corrected chi connectivity index (χ3v) is 2.06. The molecule has 0 aromatic heterocycles. The molecule has 0 fully saturated rings. The summed E-state index contributed by atoms with van der Waals surface area (Å²) in [7, 11) is 0. The van der Waals surface area contributed by atoms with Crippen molar-refractivity contribution in [3.05, 3.63) is 28.8 Å². The Balaban J connectivity index is 3.28. The topological polar surface area (TPSA) is 49.3 Å². The van der Waals surface area contributed by atoms with E-state index in [9.17, 15) is 4.79 Å². The first kappa shape index (κ1) is 10.6. The van der Waals surface area contributed by atoms with Crippen LogP contribution in [-0.4, -0.2) is 17.6 Å². The maximum atomic E-state index is 11.0. The molecular weight excluding hydrogens is 178 g/mol. The van der Waals surface area contributed by atoms with Crippen LogP contribution in [0.5, 0.6) is 0 Å². The minimum atomic E-state index is -0.882. The summed E-state index contributed by atoms with van der Waals surface area (Å²) in [6.45, 7) is 6.49. The molecule has 3 nitrogen and oxygen atoms in total. The van der Waals surface area contributed by atoms with Gasteiger partial charge in [0.1, 0.15) is 0 Å². The van der Waals surface area contributed by atoms with Crippen molar-refractivity contribution in [2.45, 2.75) is 20.8 Å². The van der Waals surface area contributed by atoms with Crippen molar-refractivity contribution >= 4 is 11.7 Å². The Labute approximate surface area is 83.8 Å². The Kier molecular flexibility index (Phi) is 3.12. The highest BCUT2D eigenvalue weighted by atomic mass is 16.4. The van der Waals surface area contributed by atoms with E-state index in [1.165, 1.54) is 0 Å². The van der Waals surface area contributed by atoms with E-state index in [-0.39, 0.29) is 0 Å². The molecule has 0 bridgehead atoms. The molecule has 1 aromatic carbocycles. The number of aromatic carboxylic acids is 1. The zero-order valence-corrected chi connectivity index (χ0v) is 8.72. The van der Waals surface area contributed by atoms with Crippen LogP contribution in [0.1, 0.15) is 28.4 Å². The first-order chi connectivity index (χ1) is 6.56. The Morgan fingerprint density at radius 1 is 1.43 bits per heavy atom. The highest BCUT2D eigenvalue weighted by molar-refractivity contribution is 5.95. The van der Waals surface area contributed by atoms with Crippen LogP contribution in [0.15, 0.2) is 12.1 Å². The molecule has 0 spiro atoms. The van der Waals surface area contributed by atoms with E-state index >= 15 is 0 Å². The monoisotopic (exact) mass is 193 g/mol. The summed E-state index contributed by atoms with van der Waals surface area (Å²) in [6, 6.07) is 3.66. The highest BCUT2D eigenvalue weighted by Crippen LogP contribution is 2.22. The van der Waals surface area contributed by atoms with Crippen molar-refractivity contribution in [1.82, 2.24) is 0 Å². The summed E-state index contributed by atoms with van der Waals surface area (Å²) in [5.74, 6) is -0.882. The maximum Gasteiger partial charge on any atom is 0.337 e. The van der Waals surface area contributed by atoms with Gasteiger partial charge in [0.2, 0.25) is 0 Å². The predicted octanol–water partition coefficient (Wildman–Crippen LogP) is 2.43. The zero-order chi connectivity index (χ0) is 10.7. The fraction of sp³-hybridized carbons (Fsp3) is 0.364. The minimum absolute atomic E-state index is 0.351. The Morgan fingerprint density at radius 2 is 2.07 bits per heavy atom. The SMILES string of the molecule is CCNc1c(C)cc(C)cc1C(=O)O. The van der Waals surface area contributed by atoms with Crippen LogP contribution < -0.4 is 5.32 Å². The third-order valence-electron chi connectivity index (χ3n) is 2.06. The number of carboxylic acids is 1. The molecule has 0 saturated carbocycles. The number of benzene rings is 1. The maximum absolute atomic E-state index is 11.0. The van der Waals surface area contributed by atoms with E-state index in [0.717, 1.165) is 23.4 Å². The second-order valence-electron chi connectivity index (χ2n) is 3.34. The quantitative estimate of drug-likeness (QED) is 0.775. The van der Waals surface area contributed by atoms with Gasteiger partial charge in [-0.2, -0.15) is 0 Å². The van der Waals surface area contributed by atoms with E-state index in [1.807, 2.05) is 26.8 Å². The summed E-state index contributed by atoms with van der Waals surface area (Å²) in [5.41, 5.74) is 3.03. The van der Waals surface area contributed by atoms with Crippen molar-refractivity contribution in [1.29, 1.82) is 0 Å². The van der Waals surface area contributed by atoms with Crippen LogP contribution in [0.25, 0.3) is 0 Å². The van der Waals surface area contributed by atoms with Gasteiger partial charge in [0, 0.05) is 6.54 Å². The molecule has 3 heteroatoms. The second kappa shape index (κ2) is 4.13. The molecule has 1 aromatic rings. The first-order valence-corrected chi connectivity index (χ1v) is 4.64. The smallest absolute Gasteiger partial charge is 0.337 e. The van der Waals surface area contributed by atoms with Gasteiger partial charge >= 0.3 is 5.97 Å². The van der Waals surface area contributed by atoms with Crippen LogP contribution in [0, 0.1) is 13.8 Å². The number of hydrogen-bond acceptors (Lipinski definition) is 2. The van der Waals surface area contributed by atoms with E-state index in [4.69, 9.17) is 5.11 Å². The molecule has 1 rings (SSSR count). The molecule has 0 aliphatic carbocycles. The molecule has 0 saturated heterocycles. The van der Waals surface area contributed by atoms with Gasteiger partial charge in [-0.05, 0) is 38.0 Å². The van der Waals surface area contributed by atoms with Gasteiger partial charge in [0.25, 0.3) is 0 Å². The van der Waals surface area contributed by atoms with Crippen LogP contribution in [-0.2, 0) is 0 Å². The average molecular weight is 193 g/mol. The number of carboxylic acid groups (broad SMARTS) is 1. The summed E-state index contributed by atoms with van der Waals surface area (Å²) in [5, 5.41) is 12.1. The largest absolute Gasteiger partial charge is 0.478 e. The molecule has 0 heterocycles. The Morgan fingerprint density at radius 3 is 2.57 bits per heavy atom. The highest BCUT2D eigenvalue weighted by Gasteiger charge is 2.11. The molecule has 2 N–H and O–H groups in total. The summed E-state index contributed by atoms with van der Waals surface area (Å²) < 4.78 is 0. The second-order valence-corrected chi connectivity index (χ2v) is 3.34. The number of carbonyl (C=O) groups is 1. The van der Waals surface area contributed by atoms with E-state index < -0.39 is 5.97 Å². The lowest BCUT2D eigenvalue weighted by Crippen LogP contribution is -2.08. The van der Waals surface area contributed by atoms with E-state index in [0.29, 0.717) is 5.56 Å². The fourth-order valence-electron chi connectivity index (χ4n) is 1.55. The van der Waals surface area contributed by atoms with Crippen molar-refractivity contribution in [3.63, 3.8) is 0 Å². The van der Waals surface area contributed by atoms with Crippen LogP contribution >= 0.6 is 0 Å². The third kappa shape index (κ3) is 2.05. The minimum Gasteiger partial charge on any atom is -0.478 e. The lowest BCUT2D eigenvalue weighted by molar-refractivity contribution is 0.0697. The first-order valence-electron chi connectivity index (χ1n) is 4.64. The van der Waals surface area contributed by atoms with Gasteiger partial charge in [-0.15, -0.1) is 0 Å². The number of nitrogens with one attached hydrogen (secondary N) is 1. The molecule has 76 valence electrons. The lowest BCUT2D eigenvalue weighted by atomic mass is 10.0. The predicted molar refractivity (Wildman–Crippen MR) is 57.0 cm³/mol. The van der Waals surface area contributed by atoms with Crippen LogP contribution in [0.4, 0.5) is 5.69 Å². The van der Waals surface area contributed by atoms with Gasteiger partial charge in [-0.25, -0.2) is 4.79 Å². The fourth-order valence-corrected chi connectivity index (χ4v) is 1.55. The molecule has 0 atom stereocenters.